The number of rotatable bonds is 0. The third-order valence-electron chi connectivity index (χ3n) is 6.21. The highest BCUT2D eigenvalue weighted by molar-refractivity contribution is 9.11. The van der Waals surface area contributed by atoms with Crippen molar-refractivity contribution in [3.63, 3.8) is 0 Å². The quantitative estimate of drug-likeness (QED) is 0.542. The first-order valence-corrected chi connectivity index (χ1v) is 7.44. The van der Waals surface area contributed by atoms with Crippen molar-refractivity contribution in [3.05, 3.63) is 22.2 Å². The van der Waals surface area contributed by atoms with E-state index in [2.05, 4.69) is 63.5 Å². The Kier molecular flexibility index (Phi) is 2.78. The van der Waals surface area contributed by atoms with Crippen molar-refractivity contribution in [2.75, 3.05) is 0 Å². The van der Waals surface area contributed by atoms with Crippen LogP contribution < -0.4 is 0 Å². The molecule has 2 aliphatic rings. The third-order valence-corrected chi connectivity index (χ3v) is 6.66. The van der Waals surface area contributed by atoms with Crippen molar-refractivity contribution < 1.29 is 4.39 Å². The third kappa shape index (κ3) is 1.47. The highest BCUT2D eigenvalue weighted by Crippen LogP contribution is 2.71. The minimum atomic E-state index is -1.28. The Bertz CT molecular complexity index is 450. The molecule has 0 aromatic carbocycles. The number of allylic oxidation sites excluding steroid dienone is 4. The lowest BCUT2D eigenvalue weighted by atomic mass is 9.59. The summed E-state index contributed by atoms with van der Waals surface area (Å²) < 4.78 is 16.0. The van der Waals surface area contributed by atoms with Gasteiger partial charge in [-0.3, -0.25) is 0 Å². The number of fused-ring (bicyclic) bond motifs is 1. The SMILES string of the molecule is CC1(F)C=C(Br)C=C2C1C(C)(C)C(C)(C)C2(C)C. The summed E-state index contributed by atoms with van der Waals surface area (Å²) in [7, 11) is 0. The van der Waals surface area contributed by atoms with Crippen molar-refractivity contribution in [3.8, 4) is 0 Å². The molecule has 102 valence electrons. The van der Waals surface area contributed by atoms with E-state index in [-0.39, 0.29) is 22.2 Å². The molecular formula is C16H24BrF. The first-order chi connectivity index (χ1) is 7.86. The Balaban J connectivity index is 2.73. The predicted octanol–water partition coefficient (Wildman–Crippen LogP) is 5.64. The number of alkyl halides is 1. The fraction of sp³-hybridized carbons (Fsp3) is 0.750. The summed E-state index contributed by atoms with van der Waals surface area (Å²) in [5.41, 5.74) is -0.0539. The molecule has 0 N–H and O–H groups in total. The van der Waals surface area contributed by atoms with Crippen LogP contribution in [0, 0.1) is 22.2 Å². The Morgan fingerprint density at radius 2 is 1.56 bits per heavy atom. The maximum atomic E-state index is 15.1. The second-order valence-corrected chi connectivity index (χ2v) is 8.60. The molecule has 2 heteroatoms. The second-order valence-electron chi connectivity index (χ2n) is 7.68. The summed E-state index contributed by atoms with van der Waals surface area (Å²) in [4.78, 5) is 0. The van der Waals surface area contributed by atoms with E-state index >= 15 is 4.39 Å². The monoisotopic (exact) mass is 314 g/mol. The summed E-state index contributed by atoms with van der Waals surface area (Å²) in [5.74, 6) is -0.0451. The van der Waals surface area contributed by atoms with Crippen LogP contribution in [0.15, 0.2) is 22.2 Å². The van der Waals surface area contributed by atoms with E-state index in [0.717, 1.165) is 4.48 Å². The molecule has 2 unspecified atom stereocenters. The van der Waals surface area contributed by atoms with Crippen molar-refractivity contribution in [1.82, 2.24) is 0 Å². The lowest BCUT2D eigenvalue weighted by Gasteiger charge is -2.46. The number of halogens is 2. The second kappa shape index (κ2) is 3.50. The van der Waals surface area contributed by atoms with Crippen LogP contribution in [0.25, 0.3) is 0 Å². The fourth-order valence-corrected chi connectivity index (χ4v) is 4.79. The first-order valence-electron chi connectivity index (χ1n) is 6.65. The van der Waals surface area contributed by atoms with Crippen LogP contribution in [0.4, 0.5) is 4.39 Å². The van der Waals surface area contributed by atoms with Gasteiger partial charge in [-0.15, -0.1) is 0 Å². The maximum Gasteiger partial charge on any atom is 0.134 e. The molecule has 0 aromatic heterocycles. The molecule has 1 fully saturated rings. The van der Waals surface area contributed by atoms with Crippen LogP contribution in [0.5, 0.6) is 0 Å². The minimum Gasteiger partial charge on any atom is -0.239 e. The normalized spacial score (nSPS) is 39.9. The molecule has 0 nitrogen and oxygen atoms in total. The van der Waals surface area contributed by atoms with E-state index in [4.69, 9.17) is 0 Å². The zero-order valence-corrected chi connectivity index (χ0v) is 14.1. The smallest absolute Gasteiger partial charge is 0.134 e. The zero-order chi connectivity index (χ0) is 14.1. The molecule has 0 bridgehead atoms. The minimum absolute atomic E-state index is 0.00178. The van der Waals surface area contributed by atoms with Crippen molar-refractivity contribution in [2.45, 2.75) is 54.1 Å². The first kappa shape index (κ1) is 14.3. The number of hydrogen-bond donors (Lipinski definition) is 0. The lowest BCUT2D eigenvalue weighted by Crippen LogP contribution is -2.43. The predicted molar refractivity (Wildman–Crippen MR) is 79.4 cm³/mol. The maximum absolute atomic E-state index is 15.1. The molecule has 0 saturated heterocycles. The topological polar surface area (TPSA) is 0 Å². The summed E-state index contributed by atoms with van der Waals surface area (Å²) in [6.45, 7) is 15.2. The van der Waals surface area contributed by atoms with E-state index in [1.165, 1.54) is 5.57 Å². The van der Waals surface area contributed by atoms with Gasteiger partial charge in [-0.1, -0.05) is 63.0 Å². The Morgan fingerprint density at radius 1 is 1.06 bits per heavy atom. The van der Waals surface area contributed by atoms with Crippen molar-refractivity contribution in [2.24, 2.45) is 22.2 Å². The zero-order valence-electron chi connectivity index (χ0n) is 12.5. The van der Waals surface area contributed by atoms with Gasteiger partial charge >= 0.3 is 0 Å². The van der Waals surface area contributed by atoms with Crippen LogP contribution in [-0.4, -0.2) is 5.67 Å². The highest BCUT2D eigenvalue weighted by atomic mass is 79.9. The van der Waals surface area contributed by atoms with E-state index in [0.29, 0.717) is 0 Å². The Labute approximate surface area is 119 Å². The molecule has 0 heterocycles. The summed E-state index contributed by atoms with van der Waals surface area (Å²) >= 11 is 3.47. The van der Waals surface area contributed by atoms with Gasteiger partial charge in [-0.25, -0.2) is 4.39 Å². The van der Waals surface area contributed by atoms with Crippen LogP contribution >= 0.6 is 15.9 Å². The number of hydrogen-bond acceptors (Lipinski definition) is 0. The van der Waals surface area contributed by atoms with Gasteiger partial charge in [0.15, 0.2) is 0 Å². The van der Waals surface area contributed by atoms with Gasteiger partial charge in [0.1, 0.15) is 5.67 Å². The molecule has 0 aromatic rings. The lowest BCUT2D eigenvalue weighted by molar-refractivity contribution is 0.00348. The van der Waals surface area contributed by atoms with Gasteiger partial charge in [0.2, 0.25) is 0 Å². The van der Waals surface area contributed by atoms with Crippen LogP contribution in [0.2, 0.25) is 0 Å². The van der Waals surface area contributed by atoms with Gasteiger partial charge in [-0.05, 0) is 35.3 Å². The van der Waals surface area contributed by atoms with Gasteiger partial charge in [0, 0.05) is 10.4 Å². The summed E-state index contributed by atoms with van der Waals surface area (Å²) in [5, 5.41) is 0. The highest BCUT2D eigenvalue weighted by Gasteiger charge is 2.66. The average Bonchev–Trinajstić information content (AvgIpc) is 2.21. The van der Waals surface area contributed by atoms with E-state index in [1.54, 1.807) is 13.0 Å². The van der Waals surface area contributed by atoms with E-state index < -0.39 is 5.67 Å². The van der Waals surface area contributed by atoms with Gasteiger partial charge < -0.3 is 0 Å². The van der Waals surface area contributed by atoms with E-state index in [1.807, 2.05) is 0 Å². The van der Waals surface area contributed by atoms with Gasteiger partial charge in [0.05, 0.1) is 0 Å². The molecule has 0 amide bonds. The van der Waals surface area contributed by atoms with Gasteiger partial charge in [-0.2, -0.15) is 0 Å². The molecule has 18 heavy (non-hydrogen) atoms. The van der Waals surface area contributed by atoms with Crippen LogP contribution in [0.1, 0.15) is 48.5 Å². The molecule has 2 rings (SSSR count). The standard InChI is InChI=1S/C16H24BrF/c1-13(2)11-8-10(17)9-16(7,18)12(11)14(3,4)15(13,5)6/h8-9,12H,1-7H3. The molecule has 0 aliphatic heterocycles. The molecular weight excluding hydrogens is 291 g/mol. The fourth-order valence-electron chi connectivity index (χ4n) is 4.09. The molecule has 2 aliphatic carbocycles. The van der Waals surface area contributed by atoms with Crippen LogP contribution in [0.3, 0.4) is 0 Å². The molecule has 0 spiro atoms. The van der Waals surface area contributed by atoms with E-state index in [9.17, 15) is 0 Å². The Morgan fingerprint density at radius 3 is 2.06 bits per heavy atom. The summed E-state index contributed by atoms with van der Waals surface area (Å²) in [6, 6.07) is 0. The molecule has 1 saturated carbocycles. The Hall–Kier alpha value is -0.110. The largest absolute Gasteiger partial charge is 0.239 e. The van der Waals surface area contributed by atoms with Crippen LogP contribution in [-0.2, 0) is 0 Å². The average molecular weight is 315 g/mol. The molecule has 0 radical (unpaired) electrons. The van der Waals surface area contributed by atoms with Gasteiger partial charge in [0.25, 0.3) is 0 Å². The van der Waals surface area contributed by atoms with Crippen molar-refractivity contribution in [1.29, 1.82) is 0 Å². The molecule has 2 atom stereocenters. The summed E-state index contributed by atoms with van der Waals surface area (Å²) in [6.07, 6.45) is 3.86. The van der Waals surface area contributed by atoms with Crippen molar-refractivity contribution >= 4 is 15.9 Å².